The number of nitriles is 2. The third-order valence-electron chi connectivity index (χ3n) is 6.97. The molecule has 0 unspecified atom stereocenters. The van der Waals surface area contributed by atoms with E-state index >= 15 is 0 Å². The average Bonchev–Trinajstić information content (AvgIpc) is 3.09. The van der Waals surface area contributed by atoms with Crippen LogP contribution in [0.2, 0.25) is 0 Å². The molecular weight excluding hydrogens is 574 g/mol. The number of anilines is 3. The van der Waals surface area contributed by atoms with Crippen molar-refractivity contribution < 1.29 is 19.1 Å². The van der Waals surface area contributed by atoms with E-state index in [1.165, 1.54) is 17.7 Å². The number of ether oxygens (including phenoxy) is 2. The van der Waals surface area contributed by atoms with Crippen molar-refractivity contribution in [2.24, 2.45) is 5.92 Å². The van der Waals surface area contributed by atoms with Crippen LogP contribution in [-0.2, 0) is 32.1 Å². The zero-order valence-electron chi connectivity index (χ0n) is 26.1. The van der Waals surface area contributed by atoms with Crippen molar-refractivity contribution in [3.8, 4) is 12.1 Å². The minimum atomic E-state index is -0.682. The first-order chi connectivity index (χ1) is 22.3. The van der Waals surface area contributed by atoms with Crippen LogP contribution in [0.3, 0.4) is 0 Å². The van der Waals surface area contributed by atoms with E-state index in [2.05, 4.69) is 6.92 Å². The summed E-state index contributed by atoms with van der Waals surface area (Å²) in [4.78, 5) is 27.0. The first-order valence-corrected chi connectivity index (χ1v) is 15.0. The van der Waals surface area contributed by atoms with Crippen LogP contribution >= 0.6 is 0 Å². The molecule has 4 rings (SSSR count). The Balaban J connectivity index is 1.53. The minimum absolute atomic E-state index is 0.0665. The number of hydrogen-bond acceptors (Lipinski definition) is 7. The number of rotatable bonds is 12. The standard InChI is InChI=1S/C39H35N3O4/c1-4-29-10-12-32(13-11-29)27-46-39(44)34(25-41)23-31-16-20-37(21-17-31)42(35-8-6-5-7-9-35)36-18-14-30(15-19-36)22-33(24-40)38(43)45-26-28(2)3/h5-23,28H,4,26-27H2,1-3H3/b33-22+,34-23+. The highest BCUT2D eigenvalue weighted by atomic mass is 16.5. The topological polar surface area (TPSA) is 103 Å². The van der Waals surface area contributed by atoms with E-state index in [9.17, 15) is 20.1 Å². The van der Waals surface area contributed by atoms with E-state index < -0.39 is 11.9 Å². The van der Waals surface area contributed by atoms with Gasteiger partial charge in [0.1, 0.15) is 29.9 Å². The Hall–Kier alpha value is -5.92. The van der Waals surface area contributed by atoms with Gasteiger partial charge in [0.05, 0.1) is 6.61 Å². The van der Waals surface area contributed by atoms with Gasteiger partial charge in [0.15, 0.2) is 0 Å². The van der Waals surface area contributed by atoms with Crippen LogP contribution in [0.15, 0.2) is 114 Å². The lowest BCUT2D eigenvalue weighted by Crippen LogP contribution is -2.11. The lowest BCUT2D eigenvalue weighted by molar-refractivity contribution is -0.140. The predicted molar refractivity (Wildman–Crippen MR) is 180 cm³/mol. The van der Waals surface area contributed by atoms with Crippen LogP contribution in [0.1, 0.15) is 43.0 Å². The molecule has 7 heteroatoms. The number of esters is 2. The van der Waals surface area contributed by atoms with Gasteiger partial charge in [-0.1, -0.05) is 87.5 Å². The van der Waals surface area contributed by atoms with Gasteiger partial charge in [-0.05, 0) is 83.1 Å². The molecule has 0 radical (unpaired) electrons. The van der Waals surface area contributed by atoms with Crippen molar-refractivity contribution >= 4 is 41.2 Å². The van der Waals surface area contributed by atoms with Gasteiger partial charge in [0, 0.05) is 17.1 Å². The number of nitrogens with zero attached hydrogens (tertiary/aromatic N) is 3. The van der Waals surface area contributed by atoms with Gasteiger partial charge in [-0.15, -0.1) is 0 Å². The van der Waals surface area contributed by atoms with Gasteiger partial charge in [-0.25, -0.2) is 9.59 Å². The summed E-state index contributed by atoms with van der Waals surface area (Å²) in [7, 11) is 0. The van der Waals surface area contributed by atoms with Gasteiger partial charge >= 0.3 is 11.9 Å². The van der Waals surface area contributed by atoms with E-state index in [1.807, 2.05) is 134 Å². The van der Waals surface area contributed by atoms with E-state index in [1.54, 1.807) is 0 Å². The Bertz CT molecular complexity index is 1780. The smallest absolute Gasteiger partial charge is 0.349 e. The number of para-hydroxylation sites is 1. The molecule has 0 aliphatic rings. The fourth-order valence-corrected chi connectivity index (χ4v) is 4.49. The molecule has 0 aromatic heterocycles. The molecule has 0 bridgehead atoms. The third kappa shape index (κ3) is 9.05. The minimum Gasteiger partial charge on any atom is -0.461 e. The largest absolute Gasteiger partial charge is 0.461 e. The summed E-state index contributed by atoms with van der Waals surface area (Å²) in [5, 5.41) is 19.2. The highest BCUT2D eigenvalue weighted by Gasteiger charge is 2.15. The molecule has 0 atom stereocenters. The molecule has 7 nitrogen and oxygen atoms in total. The number of carbonyl (C=O) groups is 2. The van der Waals surface area contributed by atoms with Gasteiger partial charge in [0.2, 0.25) is 0 Å². The number of carbonyl (C=O) groups excluding carboxylic acids is 2. The molecule has 0 saturated carbocycles. The van der Waals surface area contributed by atoms with Gasteiger partial charge < -0.3 is 14.4 Å². The van der Waals surface area contributed by atoms with E-state index in [-0.39, 0.29) is 30.3 Å². The maximum absolute atomic E-state index is 12.7. The fourth-order valence-electron chi connectivity index (χ4n) is 4.49. The Kier molecular flexibility index (Phi) is 11.6. The average molecular weight is 610 g/mol. The van der Waals surface area contributed by atoms with Crippen molar-refractivity contribution in [3.63, 3.8) is 0 Å². The highest BCUT2D eigenvalue weighted by Crippen LogP contribution is 2.35. The third-order valence-corrected chi connectivity index (χ3v) is 6.97. The van der Waals surface area contributed by atoms with Crippen LogP contribution in [0.4, 0.5) is 17.1 Å². The molecule has 0 heterocycles. The zero-order valence-corrected chi connectivity index (χ0v) is 26.1. The van der Waals surface area contributed by atoms with E-state index in [0.717, 1.165) is 29.0 Å². The van der Waals surface area contributed by atoms with Gasteiger partial charge in [-0.3, -0.25) is 0 Å². The first-order valence-electron chi connectivity index (χ1n) is 15.0. The Morgan fingerprint density at radius 3 is 1.59 bits per heavy atom. The Morgan fingerprint density at radius 1 is 0.674 bits per heavy atom. The summed E-state index contributed by atoms with van der Waals surface area (Å²) in [6.45, 7) is 6.26. The van der Waals surface area contributed by atoms with E-state index in [4.69, 9.17) is 9.47 Å². The molecule has 230 valence electrons. The summed E-state index contributed by atoms with van der Waals surface area (Å²) in [6, 6.07) is 36.5. The second-order valence-corrected chi connectivity index (χ2v) is 10.9. The zero-order chi connectivity index (χ0) is 32.9. The summed E-state index contributed by atoms with van der Waals surface area (Å²) in [5.41, 5.74) is 5.86. The fraction of sp³-hybridized carbons (Fsp3) is 0.179. The molecule has 0 amide bonds. The predicted octanol–water partition coefficient (Wildman–Crippen LogP) is 8.48. The van der Waals surface area contributed by atoms with Gasteiger partial charge in [0.25, 0.3) is 0 Å². The molecule has 0 fully saturated rings. The molecular formula is C39H35N3O4. The summed E-state index contributed by atoms with van der Waals surface area (Å²) in [6.07, 6.45) is 3.95. The SMILES string of the molecule is CCc1ccc(COC(=O)/C(C#N)=C/c2ccc(N(c3ccccc3)c3ccc(/C=C(\C#N)C(=O)OCC(C)C)cc3)cc2)cc1. The van der Waals surface area contributed by atoms with Crippen molar-refractivity contribution in [3.05, 3.63) is 137 Å². The highest BCUT2D eigenvalue weighted by molar-refractivity contribution is 5.98. The quantitative estimate of drug-likeness (QED) is 0.0901. The van der Waals surface area contributed by atoms with Crippen molar-refractivity contribution in [2.75, 3.05) is 11.5 Å². The van der Waals surface area contributed by atoms with Gasteiger partial charge in [-0.2, -0.15) is 10.5 Å². The molecule has 0 aliphatic carbocycles. The molecule has 46 heavy (non-hydrogen) atoms. The second-order valence-electron chi connectivity index (χ2n) is 10.9. The molecule has 0 aliphatic heterocycles. The first kappa shape index (κ1) is 33.0. The van der Waals surface area contributed by atoms with Crippen LogP contribution in [0, 0.1) is 28.6 Å². The maximum Gasteiger partial charge on any atom is 0.349 e. The van der Waals surface area contributed by atoms with Crippen LogP contribution in [0.25, 0.3) is 12.2 Å². The number of benzene rings is 4. The summed E-state index contributed by atoms with van der Waals surface area (Å²) in [5.74, 6) is -1.16. The summed E-state index contributed by atoms with van der Waals surface area (Å²) < 4.78 is 10.6. The number of aryl methyl sites for hydroxylation is 1. The van der Waals surface area contributed by atoms with Crippen molar-refractivity contribution in [1.29, 1.82) is 10.5 Å². The molecule has 0 saturated heterocycles. The van der Waals surface area contributed by atoms with E-state index in [0.29, 0.717) is 11.1 Å². The molecule has 0 spiro atoms. The van der Waals surface area contributed by atoms with Crippen LogP contribution in [0.5, 0.6) is 0 Å². The lowest BCUT2D eigenvalue weighted by atomic mass is 10.1. The number of hydrogen-bond donors (Lipinski definition) is 0. The summed E-state index contributed by atoms with van der Waals surface area (Å²) >= 11 is 0. The van der Waals surface area contributed by atoms with Crippen molar-refractivity contribution in [2.45, 2.75) is 33.8 Å². The monoisotopic (exact) mass is 609 g/mol. The Labute approximate surface area is 270 Å². The maximum atomic E-state index is 12.7. The second kappa shape index (κ2) is 16.2. The molecule has 0 N–H and O–H groups in total. The molecule has 4 aromatic carbocycles. The Morgan fingerprint density at radius 2 is 1.13 bits per heavy atom. The lowest BCUT2D eigenvalue weighted by Gasteiger charge is -2.25. The molecule has 4 aromatic rings. The van der Waals surface area contributed by atoms with Crippen LogP contribution < -0.4 is 4.90 Å². The van der Waals surface area contributed by atoms with Crippen LogP contribution in [-0.4, -0.2) is 18.5 Å². The van der Waals surface area contributed by atoms with Crippen molar-refractivity contribution in [1.82, 2.24) is 0 Å². The normalized spacial score (nSPS) is 11.3.